The highest BCUT2D eigenvalue weighted by atomic mass is 16.5. The normalized spacial score (nSPS) is 13.6. The fourth-order valence-corrected chi connectivity index (χ4v) is 2.55. The molecule has 0 saturated heterocycles. The van der Waals surface area contributed by atoms with Crippen molar-refractivity contribution >= 4 is 5.91 Å². The number of amides is 1. The first-order chi connectivity index (χ1) is 11.4. The molecular formula is C19H25NO4. The first kappa shape index (κ1) is 18.1. The molecule has 0 aliphatic carbocycles. The lowest BCUT2D eigenvalue weighted by Crippen LogP contribution is -2.38. The van der Waals surface area contributed by atoms with Gasteiger partial charge in [0.05, 0.1) is 12.8 Å². The number of rotatable bonds is 7. The maximum absolute atomic E-state index is 12.1. The lowest BCUT2D eigenvalue weighted by atomic mass is 9.98. The summed E-state index contributed by atoms with van der Waals surface area (Å²) in [7, 11) is 0. The molecule has 0 fully saturated rings. The molecule has 1 aromatic carbocycles. The Labute approximate surface area is 142 Å². The van der Waals surface area contributed by atoms with E-state index in [2.05, 4.69) is 19.2 Å². The summed E-state index contributed by atoms with van der Waals surface area (Å²) < 4.78 is 10.8. The van der Waals surface area contributed by atoms with Gasteiger partial charge in [-0.15, -0.1) is 0 Å². The molecule has 5 heteroatoms. The minimum absolute atomic E-state index is 0.0748. The highest BCUT2D eigenvalue weighted by molar-refractivity contribution is 5.80. The number of carbonyl (C=O) groups excluding carboxylic acids is 1. The summed E-state index contributed by atoms with van der Waals surface area (Å²) in [5, 5.41) is 12.6. The van der Waals surface area contributed by atoms with E-state index in [4.69, 9.17) is 9.15 Å². The summed E-state index contributed by atoms with van der Waals surface area (Å²) in [6.07, 6.45) is -0.0447. The van der Waals surface area contributed by atoms with E-state index in [1.165, 1.54) is 11.8 Å². The second-order valence-electron chi connectivity index (χ2n) is 6.21. The van der Waals surface area contributed by atoms with Crippen molar-refractivity contribution in [1.82, 2.24) is 5.32 Å². The standard InChI is InChI=1S/C19H25NO4/c1-12(2)16-8-7-15(10-13(16)3)24-14(4)19(22)20-11-17(21)18-6-5-9-23-18/h5-10,12,14,17,21H,11H2,1-4H3,(H,20,22). The zero-order valence-corrected chi connectivity index (χ0v) is 14.6. The fraction of sp³-hybridized carbons (Fsp3) is 0.421. The highest BCUT2D eigenvalue weighted by Gasteiger charge is 2.18. The second kappa shape index (κ2) is 8.02. The van der Waals surface area contributed by atoms with Gasteiger partial charge in [-0.1, -0.05) is 19.9 Å². The summed E-state index contributed by atoms with van der Waals surface area (Å²) >= 11 is 0. The molecule has 2 unspecified atom stereocenters. The molecule has 0 aliphatic rings. The molecule has 1 heterocycles. The van der Waals surface area contributed by atoms with Crippen molar-refractivity contribution in [2.24, 2.45) is 0 Å². The van der Waals surface area contributed by atoms with Gasteiger partial charge in [0.15, 0.2) is 6.10 Å². The van der Waals surface area contributed by atoms with Crippen molar-refractivity contribution in [2.45, 2.75) is 45.8 Å². The predicted octanol–water partition coefficient (Wildman–Crippen LogP) is 3.33. The topological polar surface area (TPSA) is 71.7 Å². The molecule has 0 spiro atoms. The Morgan fingerprint density at radius 3 is 2.62 bits per heavy atom. The van der Waals surface area contributed by atoms with Gasteiger partial charge >= 0.3 is 0 Å². The summed E-state index contributed by atoms with van der Waals surface area (Å²) in [4.78, 5) is 12.1. The van der Waals surface area contributed by atoms with E-state index in [0.29, 0.717) is 17.4 Å². The van der Waals surface area contributed by atoms with Gasteiger partial charge in [-0.3, -0.25) is 4.79 Å². The summed E-state index contributed by atoms with van der Waals surface area (Å²) in [6, 6.07) is 9.20. The van der Waals surface area contributed by atoms with Crippen molar-refractivity contribution in [3.63, 3.8) is 0 Å². The van der Waals surface area contributed by atoms with E-state index < -0.39 is 12.2 Å². The Morgan fingerprint density at radius 1 is 1.29 bits per heavy atom. The Balaban J connectivity index is 1.88. The molecule has 2 rings (SSSR count). The Kier molecular flexibility index (Phi) is 6.04. The van der Waals surface area contributed by atoms with E-state index in [9.17, 15) is 9.90 Å². The van der Waals surface area contributed by atoms with Gasteiger partial charge < -0.3 is 19.6 Å². The average molecular weight is 331 g/mol. The van der Waals surface area contributed by atoms with Crippen LogP contribution in [0.25, 0.3) is 0 Å². The van der Waals surface area contributed by atoms with Crippen molar-refractivity contribution in [3.8, 4) is 5.75 Å². The van der Waals surface area contributed by atoms with Crippen molar-refractivity contribution in [3.05, 3.63) is 53.5 Å². The molecule has 0 aliphatic heterocycles. The van der Waals surface area contributed by atoms with E-state index in [-0.39, 0.29) is 12.5 Å². The molecule has 5 nitrogen and oxygen atoms in total. The zero-order chi connectivity index (χ0) is 17.7. The molecule has 2 atom stereocenters. The monoisotopic (exact) mass is 331 g/mol. The first-order valence-electron chi connectivity index (χ1n) is 8.15. The smallest absolute Gasteiger partial charge is 0.260 e. The number of hydrogen-bond donors (Lipinski definition) is 2. The number of carbonyl (C=O) groups is 1. The second-order valence-corrected chi connectivity index (χ2v) is 6.21. The van der Waals surface area contributed by atoms with Crippen LogP contribution in [0.5, 0.6) is 5.75 Å². The molecular weight excluding hydrogens is 306 g/mol. The zero-order valence-electron chi connectivity index (χ0n) is 14.6. The molecule has 0 bridgehead atoms. The van der Waals surface area contributed by atoms with Gasteiger partial charge in [0.1, 0.15) is 17.6 Å². The molecule has 0 radical (unpaired) electrons. The predicted molar refractivity (Wildman–Crippen MR) is 92.0 cm³/mol. The van der Waals surface area contributed by atoms with Gasteiger partial charge in [-0.25, -0.2) is 0 Å². The molecule has 0 saturated carbocycles. The van der Waals surface area contributed by atoms with Gasteiger partial charge in [-0.05, 0) is 55.2 Å². The van der Waals surface area contributed by atoms with Crippen molar-refractivity contribution < 1.29 is 19.1 Å². The largest absolute Gasteiger partial charge is 0.481 e. The number of aliphatic hydroxyl groups is 1. The number of aryl methyl sites for hydroxylation is 1. The number of hydrogen-bond acceptors (Lipinski definition) is 4. The van der Waals surface area contributed by atoms with Crippen LogP contribution in [0.3, 0.4) is 0 Å². The number of aliphatic hydroxyl groups excluding tert-OH is 1. The van der Waals surface area contributed by atoms with Crippen LogP contribution < -0.4 is 10.1 Å². The van der Waals surface area contributed by atoms with Gasteiger partial charge in [0, 0.05) is 0 Å². The van der Waals surface area contributed by atoms with Crippen LogP contribution in [-0.2, 0) is 4.79 Å². The molecule has 130 valence electrons. The molecule has 2 aromatic rings. The van der Waals surface area contributed by atoms with Crippen molar-refractivity contribution in [1.29, 1.82) is 0 Å². The van der Waals surface area contributed by atoms with Gasteiger partial charge in [-0.2, -0.15) is 0 Å². The van der Waals surface area contributed by atoms with Gasteiger partial charge in [0.25, 0.3) is 5.91 Å². The lowest BCUT2D eigenvalue weighted by Gasteiger charge is -2.17. The van der Waals surface area contributed by atoms with Crippen LogP contribution >= 0.6 is 0 Å². The Morgan fingerprint density at radius 2 is 2.04 bits per heavy atom. The summed E-state index contributed by atoms with van der Waals surface area (Å²) in [5.41, 5.74) is 2.41. The minimum atomic E-state index is -0.872. The summed E-state index contributed by atoms with van der Waals surface area (Å²) in [5.74, 6) is 1.24. The Bertz CT molecular complexity index is 664. The number of benzene rings is 1. The highest BCUT2D eigenvalue weighted by Crippen LogP contribution is 2.24. The molecule has 1 amide bonds. The number of furan rings is 1. The SMILES string of the molecule is Cc1cc(OC(C)C(=O)NCC(O)c2ccco2)ccc1C(C)C. The van der Waals surface area contributed by atoms with Crippen molar-refractivity contribution in [2.75, 3.05) is 6.54 Å². The van der Waals surface area contributed by atoms with Gasteiger partial charge in [0.2, 0.25) is 0 Å². The van der Waals surface area contributed by atoms with E-state index in [1.54, 1.807) is 19.1 Å². The van der Waals surface area contributed by atoms with Crippen LogP contribution in [0.1, 0.15) is 49.7 Å². The van der Waals surface area contributed by atoms with Crippen LogP contribution in [-0.4, -0.2) is 23.7 Å². The average Bonchev–Trinajstić information content (AvgIpc) is 3.06. The third-order valence-electron chi connectivity index (χ3n) is 3.89. The lowest BCUT2D eigenvalue weighted by molar-refractivity contribution is -0.127. The minimum Gasteiger partial charge on any atom is -0.481 e. The third kappa shape index (κ3) is 4.61. The number of ether oxygens (including phenoxy) is 1. The molecule has 1 aromatic heterocycles. The third-order valence-corrected chi connectivity index (χ3v) is 3.89. The van der Waals surface area contributed by atoms with E-state index >= 15 is 0 Å². The first-order valence-corrected chi connectivity index (χ1v) is 8.15. The van der Waals surface area contributed by atoms with E-state index in [1.807, 2.05) is 25.1 Å². The van der Waals surface area contributed by atoms with E-state index in [0.717, 1.165) is 5.56 Å². The quantitative estimate of drug-likeness (QED) is 0.816. The maximum Gasteiger partial charge on any atom is 0.260 e. The van der Waals surface area contributed by atoms with Crippen LogP contribution in [0.15, 0.2) is 41.0 Å². The van der Waals surface area contributed by atoms with Crippen LogP contribution in [0.2, 0.25) is 0 Å². The number of nitrogens with one attached hydrogen (secondary N) is 1. The molecule has 24 heavy (non-hydrogen) atoms. The molecule has 2 N–H and O–H groups in total. The van der Waals surface area contributed by atoms with Crippen LogP contribution in [0.4, 0.5) is 0 Å². The maximum atomic E-state index is 12.1. The Hall–Kier alpha value is -2.27. The summed E-state index contributed by atoms with van der Waals surface area (Å²) in [6.45, 7) is 8.07. The fourth-order valence-electron chi connectivity index (χ4n) is 2.55. The van der Waals surface area contributed by atoms with Crippen LogP contribution in [0, 0.1) is 6.92 Å².